The molecule has 3 unspecified atom stereocenters. The van der Waals surface area contributed by atoms with Gasteiger partial charge in [0.1, 0.15) is 24.0 Å². The van der Waals surface area contributed by atoms with Gasteiger partial charge in [0.05, 0.1) is 18.1 Å². The number of aliphatic hydroxyl groups excluding tert-OH is 1. The molecule has 6 atom stereocenters. The number of amides is 5. The molecular formula is C51H75N9O8. The topological polar surface area (TPSA) is 218 Å². The molecule has 0 spiro atoms. The van der Waals surface area contributed by atoms with Crippen molar-refractivity contribution in [3.63, 3.8) is 0 Å². The molecule has 2 aromatic carbocycles. The molecule has 3 heterocycles. The predicted molar refractivity (Wildman–Crippen MR) is 257 cm³/mol. The Hall–Kier alpha value is -5.71. The molecule has 3 aromatic rings. The molecule has 372 valence electrons. The number of fused-ring (bicyclic) bond motifs is 1. The van der Waals surface area contributed by atoms with E-state index in [0.717, 1.165) is 35.4 Å². The van der Waals surface area contributed by atoms with E-state index in [9.17, 15) is 33.9 Å². The van der Waals surface area contributed by atoms with Crippen LogP contribution >= 0.6 is 0 Å². The quantitative estimate of drug-likeness (QED) is 0.0952. The van der Waals surface area contributed by atoms with Crippen LogP contribution in [0.1, 0.15) is 136 Å². The largest absolute Gasteiger partial charge is 0.444 e. The number of Topliss-reactive ketones (excluding diaryl/α,β-unsaturated/α-hetero) is 1. The zero-order valence-corrected chi connectivity index (χ0v) is 40.3. The number of rotatable bonds is 22. The van der Waals surface area contributed by atoms with Crippen LogP contribution in [0.25, 0.3) is 0 Å². The molecule has 3 aliphatic rings. The molecule has 1 saturated carbocycles. The summed E-state index contributed by atoms with van der Waals surface area (Å²) in [6, 6.07) is 14.7. The fourth-order valence-corrected chi connectivity index (χ4v) is 9.14. The molecule has 1 saturated heterocycles. The van der Waals surface area contributed by atoms with Crippen LogP contribution in [0, 0.1) is 17.8 Å². The first kappa shape index (κ1) is 53.2. The number of aryl methyl sites for hydroxylation is 1. The van der Waals surface area contributed by atoms with Gasteiger partial charge in [-0.2, -0.15) is 0 Å². The van der Waals surface area contributed by atoms with Crippen molar-refractivity contribution < 1.29 is 38.6 Å². The number of nitrogens with one attached hydrogen (secondary N) is 3. The third-order valence-electron chi connectivity index (χ3n) is 13.5. The number of aromatic nitrogens is 4. The Labute approximate surface area is 401 Å². The third-order valence-corrected chi connectivity index (χ3v) is 13.5. The number of nitrogens with zero attached hydrogens (tertiary/aromatic N) is 6. The summed E-state index contributed by atoms with van der Waals surface area (Å²) in [5.41, 5.74) is 2.77. The highest BCUT2D eigenvalue weighted by molar-refractivity contribution is 5.94. The molecule has 68 heavy (non-hydrogen) atoms. The average molecular weight is 942 g/mol. The van der Waals surface area contributed by atoms with Gasteiger partial charge in [0.15, 0.2) is 11.9 Å². The number of hydrogen-bond donors (Lipinski definition) is 4. The maximum absolute atomic E-state index is 14.7. The van der Waals surface area contributed by atoms with Gasteiger partial charge in [0.2, 0.25) is 17.7 Å². The summed E-state index contributed by atoms with van der Waals surface area (Å²) in [7, 11) is 0. The number of hydrogen-bond acceptors (Lipinski definition) is 11. The van der Waals surface area contributed by atoms with Gasteiger partial charge in [0.25, 0.3) is 5.91 Å². The van der Waals surface area contributed by atoms with E-state index in [1.807, 2.05) is 80.1 Å². The second kappa shape index (κ2) is 24.0. The molecule has 4 N–H and O–H groups in total. The first-order valence-electron chi connectivity index (χ1n) is 24.2. The number of ketones is 1. The molecule has 5 amide bonds. The fraction of sp³-hybridized carbons (Fsp3) is 0.627. The van der Waals surface area contributed by atoms with E-state index in [2.05, 4.69) is 45.3 Å². The number of likely N-dealkylation sites (tertiary alicyclic amines) is 1. The summed E-state index contributed by atoms with van der Waals surface area (Å²) in [4.78, 5) is 86.1. The summed E-state index contributed by atoms with van der Waals surface area (Å²) in [6.07, 6.45) is 2.28. The highest BCUT2D eigenvalue weighted by atomic mass is 16.6. The third kappa shape index (κ3) is 13.5. The van der Waals surface area contributed by atoms with Crippen molar-refractivity contribution >= 4 is 35.5 Å². The number of tetrazole rings is 1. The smallest absolute Gasteiger partial charge is 0.410 e. The first-order valence-corrected chi connectivity index (χ1v) is 24.2. The SMILES string of the molecule is C.CCCC(NC(=O)[C@@H]1CC(OC(=O)N2CCc3ccccc3C2)CN1C(=O)[C@@H](NC(=O)[C@@H](CC(=O)CCCCc1nnnn1C(C)(C)c1ccccc1)C(C)C)C(C)C)C(O)C(=O)NC1CC1. The summed E-state index contributed by atoms with van der Waals surface area (Å²) >= 11 is 0. The lowest BCUT2D eigenvalue weighted by molar-refractivity contribution is -0.144. The molecule has 1 aliphatic carbocycles. The average Bonchev–Trinajstić information content (AvgIpc) is 3.81. The Kier molecular flexibility index (Phi) is 18.8. The summed E-state index contributed by atoms with van der Waals surface area (Å²) in [5, 5.41) is 32.1. The number of ether oxygens (including phenoxy) is 1. The van der Waals surface area contributed by atoms with E-state index in [-0.39, 0.29) is 51.0 Å². The maximum Gasteiger partial charge on any atom is 0.410 e. The van der Waals surface area contributed by atoms with Crippen LogP contribution in [-0.2, 0) is 53.6 Å². The second-order valence-corrected chi connectivity index (χ2v) is 19.8. The lowest BCUT2D eigenvalue weighted by Crippen LogP contribution is -2.58. The number of benzene rings is 2. The van der Waals surface area contributed by atoms with E-state index in [1.165, 1.54) is 4.90 Å². The maximum atomic E-state index is 14.7. The van der Waals surface area contributed by atoms with Gasteiger partial charge in [0, 0.05) is 50.7 Å². The van der Waals surface area contributed by atoms with Gasteiger partial charge < -0.3 is 35.6 Å². The Morgan fingerprint density at radius 3 is 2.25 bits per heavy atom. The highest BCUT2D eigenvalue weighted by Gasteiger charge is 2.46. The van der Waals surface area contributed by atoms with Crippen LogP contribution in [0.2, 0.25) is 0 Å². The van der Waals surface area contributed by atoms with E-state index < -0.39 is 77.4 Å². The Morgan fingerprint density at radius 1 is 0.897 bits per heavy atom. The standard InChI is InChI=1S/C50H71N9O8.CH4/c1-8-16-40(44(61)47(64)51-36-23-24-36)52-46(63)41-28-38(67-49(66)57-26-25-33-17-12-13-18-34(33)29-57)30-58(41)48(65)43(32(4)5)53-45(62)39(31(2)3)27-37(60)21-14-15-22-42-54-55-56-59(42)50(6,7)35-19-10-9-11-20-35;/h9-13,17-20,31-32,36,38-41,43-44,61H,8,14-16,21-30H2,1-7H3,(H,51,64)(H,52,63)(H,53,62);1H4/t38?,39-,40?,41-,43-,44?;/m0./s1. The Balaban J connectivity index is 0.00000864. The van der Waals surface area contributed by atoms with Gasteiger partial charge in [-0.05, 0) is 91.3 Å². The molecular weight excluding hydrogens is 867 g/mol. The molecule has 0 radical (unpaired) electrons. The minimum Gasteiger partial charge on any atom is -0.444 e. The Bertz CT molecular complexity index is 2190. The Morgan fingerprint density at radius 2 is 1.59 bits per heavy atom. The molecule has 2 fully saturated rings. The van der Waals surface area contributed by atoms with Crippen LogP contribution in [0.3, 0.4) is 0 Å². The van der Waals surface area contributed by atoms with E-state index in [1.54, 1.807) is 18.7 Å². The van der Waals surface area contributed by atoms with Crippen molar-refractivity contribution in [1.82, 2.24) is 46.0 Å². The van der Waals surface area contributed by atoms with Crippen molar-refractivity contribution in [2.24, 2.45) is 17.8 Å². The van der Waals surface area contributed by atoms with Crippen LogP contribution in [0.5, 0.6) is 0 Å². The zero-order valence-electron chi connectivity index (χ0n) is 40.3. The normalized spacial score (nSPS) is 18.7. The highest BCUT2D eigenvalue weighted by Crippen LogP contribution is 2.29. The monoisotopic (exact) mass is 942 g/mol. The van der Waals surface area contributed by atoms with Gasteiger partial charge in [-0.15, -0.1) is 5.10 Å². The summed E-state index contributed by atoms with van der Waals surface area (Å²) < 4.78 is 7.83. The lowest BCUT2D eigenvalue weighted by Gasteiger charge is -2.33. The first-order chi connectivity index (χ1) is 32.0. The van der Waals surface area contributed by atoms with E-state index in [4.69, 9.17) is 4.74 Å². The number of carbonyl (C=O) groups is 6. The minimum absolute atomic E-state index is 0. The van der Waals surface area contributed by atoms with Gasteiger partial charge in [-0.3, -0.25) is 24.0 Å². The van der Waals surface area contributed by atoms with E-state index in [0.29, 0.717) is 51.6 Å². The van der Waals surface area contributed by atoms with Gasteiger partial charge in [-0.25, -0.2) is 9.48 Å². The second-order valence-electron chi connectivity index (χ2n) is 19.8. The lowest BCUT2D eigenvalue weighted by atomic mass is 9.88. The van der Waals surface area contributed by atoms with Crippen LogP contribution in [0.4, 0.5) is 4.79 Å². The van der Waals surface area contributed by atoms with Crippen LogP contribution < -0.4 is 16.0 Å². The van der Waals surface area contributed by atoms with Crippen molar-refractivity contribution in [3.8, 4) is 0 Å². The van der Waals surface area contributed by atoms with Gasteiger partial charge >= 0.3 is 6.09 Å². The molecule has 17 nitrogen and oxygen atoms in total. The summed E-state index contributed by atoms with van der Waals surface area (Å²) in [6.45, 7) is 14.0. The molecule has 17 heteroatoms. The van der Waals surface area contributed by atoms with Crippen LogP contribution in [0.15, 0.2) is 54.6 Å². The molecule has 2 aliphatic heterocycles. The molecule has 1 aromatic heterocycles. The molecule has 0 bridgehead atoms. The fourth-order valence-electron chi connectivity index (χ4n) is 9.14. The van der Waals surface area contributed by atoms with Gasteiger partial charge in [-0.1, -0.05) is 103 Å². The van der Waals surface area contributed by atoms with Crippen molar-refractivity contribution in [2.75, 3.05) is 13.1 Å². The predicted octanol–water partition coefficient (Wildman–Crippen LogP) is 5.27. The summed E-state index contributed by atoms with van der Waals surface area (Å²) in [5.74, 6) is -2.90. The van der Waals surface area contributed by atoms with Crippen molar-refractivity contribution in [3.05, 3.63) is 77.1 Å². The minimum atomic E-state index is -1.51. The van der Waals surface area contributed by atoms with Crippen molar-refractivity contribution in [1.29, 1.82) is 0 Å². The number of carbonyl (C=O) groups excluding carboxylic acids is 6. The molecule has 6 rings (SSSR count). The number of unbranched alkanes of at least 4 members (excludes halogenated alkanes) is 1. The zero-order chi connectivity index (χ0) is 48.4. The van der Waals surface area contributed by atoms with Crippen molar-refractivity contribution in [2.45, 2.75) is 175 Å². The van der Waals surface area contributed by atoms with E-state index >= 15 is 0 Å². The number of aliphatic hydroxyl groups is 1. The van der Waals surface area contributed by atoms with Crippen LogP contribution in [-0.4, -0.2) is 120 Å².